The minimum Gasteiger partial charge on any atom is -0.453 e. The molecule has 108 valence electrons. The van der Waals surface area contributed by atoms with Gasteiger partial charge in [-0.15, -0.1) is 0 Å². The number of carbonyl (C=O) groups is 1. The number of benzene rings is 1. The molecule has 1 aromatic heterocycles. The molecule has 0 saturated carbocycles. The number of hydrogen-bond acceptors (Lipinski definition) is 4. The van der Waals surface area contributed by atoms with Crippen LogP contribution in [0.2, 0.25) is 0 Å². The number of ether oxygens (including phenoxy) is 1. The first kappa shape index (κ1) is 14.8. The van der Waals surface area contributed by atoms with Crippen molar-refractivity contribution in [3.63, 3.8) is 0 Å². The summed E-state index contributed by atoms with van der Waals surface area (Å²) < 4.78 is 10.3. The molecule has 1 N–H and O–H groups in total. The molecule has 0 bridgehead atoms. The molecule has 0 aliphatic heterocycles. The van der Waals surface area contributed by atoms with Gasteiger partial charge in [-0.1, -0.05) is 12.1 Å². The van der Waals surface area contributed by atoms with Crippen molar-refractivity contribution in [2.24, 2.45) is 0 Å². The zero-order valence-electron chi connectivity index (χ0n) is 11.9. The highest BCUT2D eigenvalue weighted by molar-refractivity contribution is 5.91. The fourth-order valence-electron chi connectivity index (χ4n) is 1.92. The Balaban J connectivity index is 2.02. The van der Waals surface area contributed by atoms with Crippen LogP contribution >= 0.6 is 0 Å². The number of methoxy groups -OCH3 is 1. The van der Waals surface area contributed by atoms with Crippen molar-refractivity contribution in [3.05, 3.63) is 59.0 Å². The van der Waals surface area contributed by atoms with Gasteiger partial charge in [0, 0.05) is 7.11 Å². The Bertz CT molecular complexity index is 653. The van der Waals surface area contributed by atoms with E-state index in [1.165, 1.54) is 0 Å². The van der Waals surface area contributed by atoms with Gasteiger partial charge in [0.15, 0.2) is 5.76 Å². The van der Waals surface area contributed by atoms with E-state index in [0.29, 0.717) is 17.9 Å². The van der Waals surface area contributed by atoms with E-state index >= 15 is 0 Å². The summed E-state index contributed by atoms with van der Waals surface area (Å²) in [6.45, 7) is 2.21. The topological polar surface area (TPSA) is 75.3 Å². The van der Waals surface area contributed by atoms with Crippen LogP contribution in [0, 0.1) is 11.3 Å². The van der Waals surface area contributed by atoms with Crippen LogP contribution < -0.4 is 5.32 Å². The zero-order chi connectivity index (χ0) is 15.2. The van der Waals surface area contributed by atoms with E-state index in [9.17, 15) is 4.79 Å². The molecule has 5 heteroatoms. The summed E-state index contributed by atoms with van der Waals surface area (Å²) in [6, 6.07) is 12.3. The van der Waals surface area contributed by atoms with E-state index in [4.69, 9.17) is 14.4 Å². The monoisotopic (exact) mass is 284 g/mol. The van der Waals surface area contributed by atoms with E-state index in [-0.39, 0.29) is 17.7 Å². The molecular formula is C16H16N2O3. The second-order valence-electron chi connectivity index (χ2n) is 4.63. The molecule has 5 nitrogen and oxygen atoms in total. The fourth-order valence-corrected chi connectivity index (χ4v) is 1.92. The maximum absolute atomic E-state index is 12.1. The summed E-state index contributed by atoms with van der Waals surface area (Å²) in [4.78, 5) is 12.1. The van der Waals surface area contributed by atoms with Crippen LogP contribution in [0.25, 0.3) is 0 Å². The fraction of sp³-hybridized carbons (Fsp3) is 0.250. The van der Waals surface area contributed by atoms with Crippen molar-refractivity contribution in [1.29, 1.82) is 5.26 Å². The standard InChI is InChI=1S/C16H16N2O3/c1-11(13-5-3-12(9-17)4-6-13)18-16(19)15-8-7-14(21-15)10-20-2/h3-8,11H,10H2,1-2H3,(H,18,19). The van der Waals surface area contributed by atoms with Crippen LogP contribution in [-0.2, 0) is 11.3 Å². The average Bonchev–Trinajstić information content (AvgIpc) is 2.96. The molecule has 0 aliphatic rings. The van der Waals surface area contributed by atoms with Gasteiger partial charge in [-0.2, -0.15) is 5.26 Å². The highest BCUT2D eigenvalue weighted by Crippen LogP contribution is 2.15. The smallest absolute Gasteiger partial charge is 0.287 e. The maximum Gasteiger partial charge on any atom is 0.287 e. The van der Waals surface area contributed by atoms with E-state index < -0.39 is 0 Å². The third-order valence-corrected chi connectivity index (χ3v) is 3.06. The number of amides is 1. The molecule has 0 spiro atoms. The van der Waals surface area contributed by atoms with Crippen molar-refractivity contribution in [2.75, 3.05) is 7.11 Å². The van der Waals surface area contributed by atoms with E-state index in [1.807, 2.05) is 19.1 Å². The minimum atomic E-state index is -0.283. The third kappa shape index (κ3) is 3.71. The van der Waals surface area contributed by atoms with Gasteiger partial charge in [0.05, 0.1) is 17.7 Å². The largest absolute Gasteiger partial charge is 0.453 e. The normalized spacial score (nSPS) is 11.7. The van der Waals surface area contributed by atoms with Gasteiger partial charge < -0.3 is 14.5 Å². The van der Waals surface area contributed by atoms with Crippen molar-refractivity contribution < 1.29 is 13.9 Å². The summed E-state index contributed by atoms with van der Waals surface area (Å²) >= 11 is 0. The van der Waals surface area contributed by atoms with Gasteiger partial charge in [0.25, 0.3) is 5.91 Å². The van der Waals surface area contributed by atoms with Crippen LogP contribution in [0.5, 0.6) is 0 Å². The molecule has 0 aliphatic carbocycles. The predicted molar refractivity (Wildman–Crippen MR) is 76.5 cm³/mol. The van der Waals surface area contributed by atoms with Crippen LogP contribution in [0.4, 0.5) is 0 Å². The van der Waals surface area contributed by atoms with Gasteiger partial charge >= 0.3 is 0 Å². The minimum absolute atomic E-state index is 0.179. The Morgan fingerprint density at radius 2 is 2.05 bits per heavy atom. The van der Waals surface area contributed by atoms with Crippen LogP contribution in [-0.4, -0.2) is 13.0 Å². The number of nitrogens with zero attached hydrogens (tertiary/aromatic N) is 1. The second-order valence-corrected chi connectivity index (χ2v) is 4.63. The number of carbonyl (C=O) groups excluding carboxylic acids is 1. The number of rotatable bonds is 5. The van der Waals surface area contributed by atoms with Gasteiger partial charge in [-0.3, -0.25) is 4.79 Å². The predicted octanol–water partition coefficient (Wildman–Crippen LogP) is 2.79. The third-order valence-electron chi connectivity index (χ3n) is 3.06. The first-order valence-electron chi connectivity index (χ1n) is 6.52. The van der Waals surface area contributed by atoms with E-state index in [0.717, 1.165) is 5.56 Å². The highest BCUT2D eigenvalue weighted by atomic mass is 16.5. The Morgan fingerprint density at radius 1 is 1.33 bits per heavy atom. The Morgan fingerprint density at radius 3 is 2.67 bits per heavy atom. The maximum atomic E-state index is 12.1. The molecule has 0 fully saturated rings. The van der Waals surface area contributed by atoms with Crippen molar-refractivity contribution in [3.8, 4) is 6.07 Å². The Labute approximate surface area is 123 Å². The average molecular weight is 284 g/mol. The quantitative estimate of drug-likeness (QED) is 0.916. The summed E-state index contributed by atoms with van der Waals surface area (Å²) in [5.74, 6) is 0.574. The first-order valence-corrected chi connectivity index (χ1v) is 6.52. The van der Waals surface area contributed by atoms with Crippen molar-refractivity contribution in [1.82, 2.24) is 5.32 Å². The molecule has 2 aromatic rings. The number of nitrogens with one attached hydrogen (secondary N) is 1. The van der Waals surface area contributed by atoms with Crippen LogP contribution in [0.1, 0.15) is 40.4 Å². The molecule has 0 saturated heterocycles. The Kier molecular flexibility index (Phi) is 4.75. The second kappa shape index (κ2) is 6.73. The van der Waals surface area contributed by atoms with Crippen LogP contribution in [0.3, 0.4) is 0 Å². The van der Waals surface area contributed by atoms with Crippen LogP contribution in [0.15, 0.2) is 40.8 Å². The molecule has 21 heavy (non-hydrogen) atoms. The molecule has 1 aromatic carbocycles. The first-order chi connectivity index (χ1) is 10.1. The molecule has 2 rings (SSSR count). The number of nitriles is 1. The lowest BCUT2D eigenvalue weighted by atomic mass is 10.1. The molecule has 1 unspecified atom stereocenters. The SMILES string of the molecule is COCc1ccc(C(=O)NC(C)c2ccc(C#N)cc2)o1. The van der Waals surface area contributed by atoms with Gasteiger partial charge in [-0.05, 0) is 36.8 Å². The van der Waals surface area contributed by atoms with Gasteiger partial charge in [-0.25, -0.2) is 0 Å². The van der Waals surface area contributed by atoms with Crippen molar-refractivity contribution in [2.45, 2.75) is 19.6 Å². The highest BCUT2D eigenvalue weighted by Gasteiger charge is 2.15. The summed E-state index contributed by atoms with van der Waals surface area (Å²) in [7, 11) is 1.56. The lowest BCUT2D eigenvalue weighted by Crippen LogP contribution is -2.26. The zero-order valence-corrected chi connectivity index (χ0v) is 11.9. The molecule has 0 radical (unpaired) electrons. The summed E-state index contributed by atoms with van der Waals surface area (Å²) in [6.07, 6.45) is 0. The van der Waals surface area contributed by atoms with Crippen molar-refractivity contribution >= 4 is 5.91 Å². The summed E-state index contributed by atoms with van der Waals surface area (Å²) in [5.41, 5.74) is 1.51. The number of furan rings is 1. The Hall–Kier alpha value is -2.58. The summed E-state index contributed by atoms with van der Waals surface area (Å²) in [5, 5.41) is 11.6. The molecule has 1 atom stereocenters. The molecule has 1 heterocycles. The molecule has 1 amide bonds. The van der Waals surface area contributed by atoms with E-state index in [1.54, 1.807) is 31.4 Å². The van der Waals surface area contributed by atoms with Gasteiger partial charge in [0.2, 0.25) is 0 Å². The molecular weight excluding hydrogens is 268 g/mol. The lowest BCUT2D eigenvalue weighted by Gasteiger charge is -2.13. The van der Waals surface area contributed by atoms with Gasteiger partial charge in [0.1, 0.15) is 12.4 Å². The number of hydrogen-bond donors (Lipinski definition) is 1. The lowest BCUT2D eigenvalue weighted by molar-refractivity contribution is 0.0903. The van der Waals surface area contributed by atoms with E-state index in [2.05, 4.69) is 11.4 Å².